The van der Waals surface area contributed by atoms with Crippen molar-refractivity contribution in [1.82, 2.24) is 5.32 Å². The average Bonchev–Trinajstić information content (AvgIpc) is 2.28. The van der Waals surface area contributed by atoms with Crippen LogP contribution in [0.25, 0.3) is 0 Å². The number of rotatable bonds is 5. The smallest absolute Gasteiger partial charge is 0.302 e. The van der Waals surface area contributed by atoms with E-state index in [4.69, 9.17) is 0 Å². The van der Waals surface area contributed by atoms with Crippen LogP contribution >= 0.6 is 0 Å². The van der Waals surface area contributed by atoms with Gasteiger partial charge in [-0.2, -0.15) is 13.2 Å². The van der Waals surface area contributed by atoms with E-state index in [9.17, 15) is 13.2 Å². The first-order valence-corrected chi connectivity index (χ1v) is 5.52. The van der Waals surface area contributed by atoms with Crippen molar-refractivity contribution in [2.75, 3.05) is 6.54 Å². The summed E-state index contributed by atoms with van der Waals surface area (Å²) in [7, 11) is 0. The Bertz CT molecular complexity index is 343. The molecule has 1 aromatic carbocycles. The van der Waals surface area contributed by atoms with E-state index in [1.165, 1.54) is 12.1 Å². The number of hydrogen-bond acceptors (Lipinski definition) is 1. The van der Waals surface area contributed by atoms with E-state index in [0.717, 1.165) is 0 Å². The third kappa shape index (κ3) is 4.61. The Kier molecular flexibility index (Phi) is 5.22. The minimum absolute atomic E-state index is 0.250. The van der Waals surface area contributed by atoms with E-state index in [1.807, 2.05) is 19.1 Å². The van der Waals surface area contributed by atoms with Gasteiger partial charge in [-0.05, 0) is 25.5 Å². The predicted molar refractivity (Wildman–Crippen MR) is 62.7 cm³/mol. The molecule has 1 aromatic rings. The molecule has 0 aliphatic heterocycles. The van der Waals surface area contributed by atoms with Crippen LogP contribution in [0.3, 0.4) is 0 Å². The number of hydrogen-bond donors (Lipinski definition) is 1. The molecule has 1 nitrogen and oxygen atoms in total. The second-order valence-corrected chi connectivity index (χ2v) is 3.70. The molecule has 1 atom stereocenters. The van der Waals surface area contributed by atoms with Gasteiger partial charge in [-0.3, -0.25) is 0 Å². The van der Waals surface area contributed by atoms with Gasteiger partial charge >= 0.3 is 6.18 Å². The number of halogens is 3. The SMILES string of the molecule is CC=CCCNC(c1ccccc1)C(F)(F)F. The third-order valence-corrected chi connectivity index (χ3v) is 2.36. The Balaban J connectivity index is 2.69. The maximum absolute atomic E-state index is 12.8. The number of nitrogens with one attached hydrogen (secondary N) is 1. The number of alkyl halides is 3. The predicted octanol–water partition coefficient (Wildman–Crippen LogP) is 3.85. The van der Waals surface area contributed by atoms with Crippen LogP contribution in [0.5, 0.6) is 0 Å². The summed E-state index contributed by atoms with van der Waals surface area (Å²) < 4.78 is 38.5. The third-order valence-electron chi connectivity index (χ3n) is 2.36. The fourth-order valence-electron chi connectivity index (χ4n) is 1.55. The molecule has 0 spiro atoms. The number of allylic oxidation sites excluding steroid dienone is 1. The Labute approximate surface area is 99.3 Å². The highest BCUT2D eigenvalue weighted by molar-refractivity contribution is 5.20. The Morgan fingerprint density at radius 3 is 2.41 bits per heavy atom. The van der Waals surface area contributed by atoms with Crippen molar-refractivity contribution in [2.24, 2.45) is 0 Å². The summed E-state index contributed by atoms with van der Waals surface area (Å²) in [5.74, 6) is 0. The van der Waals surface area contributed by atoms with E-state index >= 15 is 0 Å². The minimum atomic E-state index is -4.27. The summed E-state index contributed by atoms with van der Waals surface area (Å²) >= 11 is 0. The number of benzene rings is 1. The van der Waals surface area contributed by atoms with Gasteiger partial charge in [0.05, 0.1) is 0 Å². The first kappa shape index (κ1) is 13.8. The molecule has 0 aliphatic carbocycles. The largest absolute Gasteiger partial charge is 0.407 e. The minimum Gasteiger partial charge on any atom is -0.302 e. The molecule has 0 aliphatic rings. The molecule has 0 amide bonds. The van der Waals surface area contributed by atoms with E-state index in [0.29, 0.717) is 13.0 Å². The summed E-state index contributed by atoms with van der Waals surface area (Å²) in [4.78, 5) is 0. The van der Waals surface area contributed by atoms with Gasteiger partial charge in [0.15, 0.2) is 0 Å². The van der Waals surface area contributed by atoms with Gasteiger partial charge < -0.3 is 5.32 Å². The van der Waals surface area contributed by atoms with Gasteiger partial charge in [-0.15, -0.1) is 0 Å². The van der Waals surface area contributed by atoms with Crippen molar-refractivity contribution in [1.29, 1.82) is 0 Å². The molecule has 1 rings (SSSR count). The van der Waals surface area contributed by atoms with Crippen LogP contribution in [0.4, 0.5) is 13.2 Å². The van der Waals surface area contributed by atoms with Crippen molar-refractivity contribution < 1.29 is 13.2 Å². The zero-order valence-corrected chi connectivity index (χ0v) is 9.67. The molecule has 0 fully saturated rings. The quantitative estimate of drug-likeness (QED) is 0.612. The van der Waals surface area contributed by atoms with Crippen molar-refractivity contribution in [2.45, 2.75) is 25.6 Å². The normalized spacial score (nSPS) is 14.1. The van der Waals surface area contributed by atoms with Gasteiger partial charge in [0.1, 0.15) is 6.04 Å². The lowest BCUT2D eigenvalue weighted by Crippen LogP contribution is -2.34. The maximum atomic E-state index is 12.8. The monoisotopic (exact) mass is 243 g/mol. The average molecular weight is 243 g/mol. The summed E-state index contributed by atoms with van der Waals surface area (Å²) in [5.41, 5.74) is 0.250. The first-order valence-electron chi connectivity index (χ1n) is 5.52. The lowest BCUT2D eigenvalue weighted by atomic mass is 10.1. The first-order chi connectivity index (χ1) is 8.05. The highest BCUT2D eigenvalue weighted by Crippen LogP contribution is 2.32. The van der Waals surface area contributed by atoms with Crippen molar-refractivity contribution >= 4 is 0 Å². The lowest BCUT2D eigenvalue weighted by Gasteiger charge is -2.21. The molecule has 17 heavy (non-hydrogen) atoms. The molecule has 1 N–H and O–H groups in total. The molecular weight excluding hydrogens is 227 g/mol. The Morgan fingerprint density at radius 2 is 1.88 bits per heavy atom. The summed E-state index contributed by atoms with van der Waals surface area (Å²) in [6.07, 6.45) is -0.00852. The molecule has 0 saturated heterocycles. The molecular formula is C13H16F3N. The molecule has 0 aromatic heterocycles. The van der Waals surface area contributed by atoms with Crippen molar-refractivity contribution in [3.8, 4) is 0 Å². The topological polar surface area (TPSA) is 12.0 Å². The van der Waals surface area contributed by atoms with Crippen LogP contribution in [0.15, 0.2) is 42.5 Å². The summed E-state index contributed by atoms with van der Waals surface area (Å²) in [6, 6.07) is 6.32. The van der Waals surface area contributed by atoms with Gasteiger partial charge in [0, 0.05) is 0 Å². The van der Waals surface area contributed by atoms with Gasteiger partial charge in [0.2, 0.25) is 0 Å². The summed E-state index contributed by atoms with van der Waals surface area (Å²) in [6.45, 7) is 2.15. The van der Waals surface area contributed by atoms with Crippen molar-refractivity contribution in [3.05, 3.63) is 48.0 Å². The van der Waals surface area contributed by atoms with E-state index in [-0.39, 0.29) is 5.56 Å². The molecule has 1 unspecified atom stereocenters. The lowest BCUT2D eigenvalue weighted by molar-refractivity contribution is -0.157. The molecule has 0 bridgehead atoms. The van der Waals surface area contributed by atoms with E-state index in [2.05, 4.69) is 5.32 Å². The molecule has 0 heterocycles. The molecule has 0 saturated carbocycles. The van der Waals surface area contributed by atoms with E-state index in [1.54, 1.807) is 18.2 Å². The van der Waals surface area contributed by atoms with Crippen LogP contribution in [0.2, 0.25) is 0 Å². The fourth-order valence-corrected chi connectivity index (χ4v) is 1.55. The van der Waals surface area contributed by atoms with Crippen LogP contribution in [-0.2, 0) is 0 Å². The highest BCUT2D eigenvalue weighted by Gasteiger charge is 2.40. The molecule has 0 radical (unpaired) electrons. The van der Waals surface area contributed by atoms with E-state index < -0.39 is 12.2 Å². The summed E-state index contributed by atoms with van der Waals surface area (Å²) in [5, 5.41) is 2.53. The second kappa shape index (κ2) is 6.45. The van der Waals surface area contributed by atoms with Crippen LogP contribution in [-0.4, -0.2) is 12.7 Å². The standard InChI is InChI=1S/C13H16F3N/c1-2-3-7-10-17-12(13(14,15)16)11-8-5-4-6-9-11/h2-6,8-9,12,17H,7,10H2,1H3. The maximum Gasteiger partial charge on any atom is 0.407 e. The van der Waals surface area contributed by atoms with Crippen LogP contribution < -0.4 is 5.32 Å². The Morgan fingerprint density at radius 1 is 1.24 bits per heavy atom. The fraction of sp³-hybridized carbons (Fsp3) is 0.385. The van der Waals surface area contributed by atoms with Gasteiger partial charge in [0.25, 0.3) is 0 Å². The van der Waals surface area contributed by atoms with Gasteiger partial charge in [-0.1, -0.05) is 42.5 Å². The molecule has 4 heteroatoms. The zero-order chi connectivity index (χ0) is 12.7. The zero-order valence-electron chi connectivity index (χ0n) is 9.67. The van der Waals surface area contributed by atoms with Gasteiger partial charge in [-0.25, -0.2) is 0 Å². The van der Waals surface area contributed by atoms with Crippen LogP contribution in [0.1, 0.15) is 24.9 Å². The molecule has 94 valence electrons. The highest BCUT2D eigenvalue weighted by atomic mass is 19.4. The van der Waals surface area contributed by atoms with Crippen LogP contribution in [0, 0.1) is 0 Å². The Hall–Kier alpha value is -1.29. The van der Waals surface area contributed by atoms with Crippen molar-refractivity contribution in [3.63, 3.8) is 0 Å². The second-order valence-electron chi connectivity index (χ2n) is 3.70.